The fourth-order valence-electron chi connectivity index (χ4n) is 0.566. The van der Waals surface area contributed by atoms with Crippen LogP contribution >= 0.6 is 0 Å². The Balaban J connectivity index is 3.26. The Labute approximate surface area is 66.4 Å². The number of nitrogens with zero attached hydrogens (tertiary/aromatic N) is 1. The average Bonchev–Trinajstić information content (AvgIpc) is 2.01. The van der Waals surface area contributed by atoms with Gasteiger partial charge in [0.05, 0.1) is 12.6 Å². The third-order valence-corrected chi connectivity index (χ3v) is 1.08. The molecule has 0 bridgehead atoms. The van der Waals surface area contributed by atoms with Gasteiger partial charge in [-0.3, -0.25) is 4.79 Å². The van der Waals surface area contributed by atoms with Crippen LogP contribution in [0.15, 0.2) is 0 Å². The van der Waals surface area contributed by atoms with Gasteiger partial charge in [0.2, 0.25) is 5.91 Å². The van der Waals surface area contributed by atoms with Crippen LogP contribution in [0.3, 0.4) is 0 Å². The van der Waals surface area contributed by atoms with Gasteiger partial charge in [0.1, 0.15) is 0 Å². The van der Waals surface area contributed by atoms with E-state index in [0.29, 0.717) is 19.3 Å². The van der Waals surface area contributed by atoms with E-state index in [1.807, 2.05) is 6.07 Å². The minimum atomic E-state index is -0.0850. The first-order valence-electron chi connectivity index (χ1n) is 3.38. The van der Waals surface area contributed by atoms with Crippen LogP contribution in [-0.2, 0) is 4.79 Å². The van der Waals surface area contributed by atoms with Crippen molar-refractivity contribution in [1.82, 2.24) is 5.32 Å². The maximum absolute atomic E-state index is 10.8. The molecule has 0 unspecified atom stereocenters. The van der Waals surface area contributed by atoms with Crippen LogP contribution in [0, 0.1) is 23.7 Å². The summed E-state index contributed by atoms with van der Waals surface area (Å²) >= 11 is 0. The van der Waals surface area contributed by atoms with Crippen molar-refractivity contribution in [3.05, 3.63) is 0 Å². The summed E-state index contributed by atoms with van der Waals surface area (Å²) in [5, 5.41) is 10.6. The van der Waals surface area contributed by atoms with Crippen molar-refractivity contribution in [3.8, 4) is 18.4 Å². The second-order valence-electron chi connectivity index (χ2n) is 1.99. The number of unbranched alkanes of at least 4 members (excludes halogenated alkanes) is 1. The average molecular weight is 150 g/mol. The van der Waals surface area contributed by atoms with Crippen LogP contribution in [-0.4, -0.2) is 12.5 Å². The standard InChI is InChI=1S/C8H10N2O/c1-2-7-10-8(11)5-3-4-6-9/h1H,3-5,7H2,(H,10,11). The number of nitriles is 1. The molecule has 3 heteroatoms. The predicted molar refractivity (Wildman–Crippen MR) is 41.3 cm³/mol. The highest BCUT2D eigenvalue weighted by molar-refractivity contribution is 5.76. The molecule has 0 rings (SSSR count). The molecule has 0 aliphatic rings. The summed E-state index contributed by atoms with van der Waals surface area (Å²) < 4.78 is 0. The second-order valence-corrected chi connectivity index (χ2v) is 1.99. The third-order valence-electron chi connectivity index (χ3n) is 1.08. The molecule has 0 atom stereocenters. The van der Waals surface area contributed by atoms with Crippen LogP contribution in [0.2, 0.25) is 0 Å². The Bertz CT molecular complexity index is 197. The number of nitrogens with one attached hydrogen (secondary N) is 1. The smallest absolute Gasteiger partial charge is 0.220 e. The Hall–Kier alpha value is -1.48. The van der Waals surface area contributed by atoms with Crippen molar-refractivity contribution in [3.63, 3.8) is 0 Å². The lowest BCUT2D eigenvalue weighted by molar-refractivity contribution is -0.120. The van der Waals surface area contributed by atoms with Gasteiger partial charge >= 0.3 is 0 Å². The first kappa shape index (κ1) is 9.52. The number of rotatable bonds is 4. The zero-order valence-corrected chi connectivity index (χ0v) is 6.26. The molecule has 0 heterocycles. The molecule has 1 N–H and O–H groups in total. The van der Waals surface area contributed by atoms with Crippen molar-refractivity contribution in [1.29, 1.82) is 5.26 Å². The summed E-state index contributed by atoms with van der Waals surface area (Å²) in [6.07, 6.45) is 6.32. The van der Waals surface area contributed by atoms with E-state index in [9.17, 15) is 4.79 Å². The molecule has 11 heavy (non-hydrogen) atoms. The van der Waals surface area contributed by atoms with Gasteiger partial charge in [-0.2, -0.15) is 5.26 Å². The van der Waals surface area contributed by atoms with Crippen LogP contribution < -0.4 is 5.32 Å². The van der Waals surface area contributed by atoms with Gasteiger partial charge < -0.3 is 5.32 Å². The van der Waals surface area contributed by atoms with Crippen LogP contribution in [0.5, 0.6) is 0 Å². The molecule has 1 amide bonds. The Morgan fingerprint density at radius 3 is 2.91 bits per heavy atom. The quantitative estimate of drug-likeness (QED) is 0.466. The third kappa shape index (κ3) is 6.40. The monoisotopic (exact) mass is 150 g/mol. The minimum absolute atomic E-state index is 0.0850. The molecule has 0 radical (unpaired) electrons. The molecule has 0 aromatic carbocycles. The molecular formula is C8H10N2O. The fraction of sp³-hybridized carbons (Fsp3) is 0.500. The number of carbonyl (C=O) groups is 1. The molecule has 0 aromatic heterocycles. The first-order valence-corrected chi connectivity index (χ1v) is 3.38. The molecule has 0 aliphatic heterocycles. The minimum Gasteiger partial charge on any atom is -0.345 e. The topological polar surface area (TPSA) is 52.9 Å². The van der Waals surface area contributed by atoms with Crippen molar-refractivity contribution >= 4 is 5.91 Å². The van der Waals surface area contributed by atoms with E-state index in [0.717, 1.165) is 0 Å². The first-order chi connectivity index (χ1) is 5.31. The fourth-order valence-corrected chi connectivity index (χ4v) is 0.566. The van der Waals surface area contributed by atoms with Gasteiger partial charge in [-0.1, -0.05) is 5.92 Å². The summed E-state index contributed by atoms with van der Waals surface area (Å²) in [4.78, 5) is 10.8. The number of hydrogen-bond acceptors (Lipinski definition) is 2. The molecule has 0 fully saturated rings. The highest BCUT2D eigenvalue weighted by Crippen LogP contribution is 1.92. The van der Waals surface area contributed by atoms with Gasteiger partial charge in [0.25, 0.3) is 0 Å². The number of hydrogen-bond donors (Lipinski definition) is 1. The number of carbonyl (C=O) groups excluding carboxylic acids is 1. The van der Waals surface area contributed by atoms with Crippen molar-refractivity contribution in [2.75, 3.05) is 6.54 Å². The SMILES string of the molecule is C#CCNC(=O)CCCC#N. The summed E-state index contributed by atoms with van der Waals surface area (Å²) in [6.45, 7) is 0.269. The maximum atomic E-state index is 10.8. The molecular weight excluding hydrogens is 140 g/mol. The normalized spacial score (nSPS) is 7.82. The van der Waals surface area contributed by atoms with Crippen LogP contribution in [0.25, 0.3) is 0 Å². The lowest BCUT2D eigenvalue weighted by atomic mass is 10.2. The molecule has 58 valence electrons. The van der Waals surface area contributed by atoms with Gasteiger partial charge in [-0.25, -0.2) is 0 Å². The van der Waals surface area contributed by atoms with Gasteiger partial charge in [0, 0.05) is 12.8 Å². The summed E-state index contributed by atoms with van der Waals surface area (Å²) in [5.74, 6) is 2.21. The van der Waals surface area contributed by atoms with E-state index in [-0.39, 0.29) is 12.5 Å². The zero-order valence-electron chi connectivity index (χ0n) is 6.26. The van der Waals surface area contributed by atoms with E-state index >= 15 is 0 Å². The summed E-state index contributed by atoms with van der Waals surface area (Å²) in [7, 11) is 0. The Morgan fingerprint density at radius 2 is 2.36 bits per heavy atom. The van der Waals surface area contributed by atoms with Crippen molar-refractivity contribution in [2.24, 2.45) is 0 Å². The predicted octanol–water partition coefficient (Wildman–Crippen LogP) is 0.430. The summed E-state index contributed by atoms with van der Waals surface area (Å²) in [6, 6.07) is 1.96. The largest absolute Gasteiger partial charge is 0.345 e. The van der Waals surface area contributed by atoms with Gasteiger partial charge in [-0.15, -0.1) is 6.42 Å². The Kier molecular flexibility index (Phi) is 5.74. The summed E-state index contributed by atoms with van der Waals surface area (Å²) in [5.41, 5.74) is 0. The van der Waals surface area contributed by atoms with E-state index < -0.39 is 0 Å². The van der Waals surface area contributed by atoms with Crippen molar-refractivity contribution in [2.45, 2.75) is 19.3 Å². The van der Waals surface area contributed by atoms with E-state index in [1.54, 1.807) is 0 Å². The molecule has 0 saturated heterocycles. The van der Waals surface area contributed by atoms with Gasteiger partial charge in [-0.05, 0) is 6.42 Å². The highest BCUT2D eigenvalue weighted by Gasteiger charge is 1.97. The molecule has 0 aromatic rings. The second kappa shape index (κ2) is 6.64. The van der Waals surface area contributed by atoms with E-state index in [1.165, 1.54) is 0 Å². The lowest BCUT2D eigenvalue weighted by Crippen LogP contribution is -2.22. The Morgan fingerprint density at radius 1 is 1.64 bits per heavy atom. The van der Waals surface area contributed by atoms with Crippen molar-refractivity contribution < 1.29 is 4.79 Å². The van der Waals surface area contributed by atoms with Crippen LogP contribution in [0.4, 0.5) is 0 Å². The highest BCUT2D eigenvalue weighted by atomic mass is 16.1. The maximum Gasteiger partial charge on any atom is 0.220 e. The van der Waals surface area contributed by atoms with E-state index in [2.05, 4.69) is 11.2 Å². The lowest BCUT2D eigenvalue weighted by Gasteiger charge is -1.97. The molecule has 0 spiro atoms. The zero-order chi connectivity index (χ0) is 8.53. The number of terminal acetylenes is 1. The molecule has 0 saturated carbocycles. The van der Waals surface area contributed by atoms with E-state index in [4.69, 9.17) is 11.7 Å². The molecule has 0 aliphatic carbocycles. The van der Waals surface area contributed by atoms with Crippen LogP contribution in [0.1, 0.15) is 19.3 Å². The van der Waals surface area contributed by atoms with Gasteiger partial charge in [0.15, 0.2) is 0 Å². The number of amides is 1. The molecule has 3 nitrogen and oxygen atoms in total.